The Morgan fingerprint density at radius 3 is 2.58 bits per heavy atom. The van der Waals surface area contributed by atoms with E-state index in [4.69, 9.17) is 9.47 Å². The summed E-state index contributed by atoms with van der Waals surface area (Å²) in [6.07, 6.45) is 1.40. The Morgan fingerprint density at radius 2 is 1.85 bits per heavy atom. The number of anilines is 2. The van der Waals surface area contributed by atoms with Crippen molar-refractivity contribution in [3.8, 4) is 16.9 Å². The molecule has 0 spiro atoms. The predicted octanol–water partition coefficient (Wildman–Crippen LogP) is 5.02. The van der Waals surface area contributed by atoms with Gasteiger partial charge in [0.2, 0.25) is 5.91 Å². The molecule has 6 rings (SSSR count). The van der Waals surface area contributed by atoms with Crippen LogP contribution in [0.3, 0.4) is 0 Å². The van der Waals surface area contributed by atoms with Gasteiger partial charge < -0.3 is 19.7 Å². The van der Waals surface area contributed by atoms with E-state index in [1.54, 1.807) is 29.9 Å². The van der Waals surface area contributed by atoms with E-state index in [0.29, 0.717) is 37.6 Å². The molecule has 0 aromatic carbocycles. The van der Waals surface area contributed by atoms with Gasteiger partial charge in [0.15, 0.2) is 5.82 Å². The number of pyridine rings is 3. The van der Waals surface area contributed by atoms with Crippen LogP contribution in [-0.4, -0.2) is 61.8 Å². The van der Waals surface area contributed by atoms with E-state index in [2.05, 4.69) is 20.4 Å². The molecule has 9 nitrogen and oxygen atoms in total. The minimum Gasteiger partial charge on any atom is -0.488 e. The number of carbonyl (C=O) groups excluding carboxylic acids is 1. The van der Waals surface area contributed by atoms with Crippen LogP contribution in [0.5, 0.6) is 5.75 Å². The van der Waals surface area contributed by atoms with Crippen LogP contribution in [0.15, 0.2) is 55.0 Å². The molecule has 1 N–H and O–H groups in total. The maximum absolute atomic E-state index is 13.1. The normalized spacial score (nSPS) is 20.9. The number of alkyl halides is 3. The molecule has 2 saturated heterocycles. The number of aryl methyl sites for hydroxylation is 1. The van der Waals surface area contributed by atoms with Gasteiger partial charge in [0.25, 0.3) is 0 Å². The van der Waals surface area contributed by atoms with Gasteiger partial charge >= 0.3 is 6.18 Å². The zero-order chi connectivity index (χ0) is 28.0. The minimum atomic E-state index is -4.47. The van der Waals surface area contributed by atoms with Crippen molar-refractivity contribution < 1.29 is 27.4 Å². The Bertz CT molecular complexity index is 1560. The third-order valence-electron chi connectivity index (χ3n) is 7.26. The maximum Gasteiger partial charge on any atom is 0.416 e. The zero-order valence-electron chi connectivity index (χ0n) is 21.9. The number of aromatic nitrogens is 4. The van der Waals surface area contributed by atoms with E-state index < -0.39 is 11.7 Å². The quantitative estimate of drug-likeness (QED) is 0.372. The van der Waals surface area contributed by atoms with E-state index in [1.807, 2.05) is 30.0 Å². The van der Waals surface area contributed by atoms with Crippen LogP contribution in [0, 0.1) is 6.92 Å². The van der Waals surface area contributed by atoms with E-state index in [9.17, 15) is 18.0 Å². The van der Waals surface area contributed by atoms with E-state index in [-0.39, 0.29) is 29.9 Å². The number of rotatable bonds is 5. The number of carbonyl (C=O) groups is 1. The predicted molar refractivity (Wildman–Crippen MR) is 140 cm³/mol. The highest BCUT2D eigenvalue weighted by molar-refractivity contribution is 5.76. The summed E-state index contributed by atoms with van der Waals surface area (Å²) in [5.74, 6) is 1.10. The number of nitrogens with zero attached hydrogens (tertiary/aromatic N) is 5. The van der Waals surface area contributed by atoms with Crippen LogP contribution in [0.2, 0.25) is 0 Å². The molecular formula is C28H27F3N6O3. The number of morpholine rings is 1. The molecule has 2 aliphatic rings. The van der Waals surface area contributed by atoms with Crippen LogP contribution in [0.4, 0.5) is 24.8 Å². The highest BCUT2D eigenvalue weighted by atomic mass is 19.4. The molecule has 6 heterocycles. The van der Waals surface area contributed by atoms with Gasteiger partial charge in [-0.15, -0.1) is 0 Å². The highest BCUT2D eigenvalue weighted by Gasteiger charge is 2.41. The summed E-state index contributed by atoms with van der Waals surface area (Å²) in [5.41, 5.74) is 2.50. The molecular weight excluding hydrogens is 525 g/mol. The number of halogens is 3. The standard InChI is InChI=1S/C28H27F3N6O3/c1-16-7-24(25(13-33-16)40-23-10-21-14-39-15-22(11-23)37(21)17(2)38)18-4-6-36-20(8-18)12-27(35-36)34-26-9-19(3-5-32-26)28(29,30)31/h3-9,12-13,21-23H,10-11,14-15H2,1-2H3,(H,32,34,35)/t21-,22+,23?. The lowest BCUT2D eigenvalue weighted by Crippen LogP contribution is -2.60. The average Bonchev–Trinajstić information content (AvgIpc) is 3.30. The summed E-state index contributed by atoms with van der Waals surface area (Å²) in [7, 11) is 0. The molecule has 12 heteroatoms. The van der Waals surface area contributed by atoms with E-state index in [0.717, 1.165) is 40.7 Å². The number of nitrogens with one attached hydrogen (secondary N) is 1. The fourth-order valence-electron chi connectivity index (χ4n) is 5.55. The van der Waals surface area contributed by atoms with Gasteiger partial charge in [0, 0.05) is 49.5 Å². The molecule has 2 bridgehead atoms. The average molecular weight is 553 g/mol. The molecule has 3 atom stereocenters. The van der Waals surface area contributed by atoms with Crippen LogP contribution >= 0.6 is 0 Å². The first-order chi connectivity index (χ1) is 19.1. The van der Waals surface area contributed by atoms with Crippen molar-refractivity contribution in [3.05, 3.63) is 66.2 Å². The van der Waals surface area contributed by atoms with Crippen LogP contribution in [0.25, 0.3) is 16.6 Å². The second kappa shape index (κ2) is 10.1. The van der Waals surface area contributed by atoms with Gasteiger partial charge in [-0.25, -0.2) is 9.50 Å². The first-order valence-corrected chi connectivity index (χ1v) is 12.9. The number of hydrogen-bond acceptors (Lipinski definition) is 7. The van der Waals surface area contributed by atoms with Crippen molar-refractivity contribution in [3.63, 3.8) is 0 Å². The lowest BCUT2D eigenvalue weighted by molar-refractivity contribution is -0.153. The van der Waals surface area contributed by atoms with Crippen molar-refractivity contribution in [2.75, 3.05) is 18.5 Å². The first kappa shape index (κ1) is 26.1. The summed E-state index contributed by atoms with van der Waals surface area (Å²) in [6, 6.07) is 9.35. The van der Waals surface area contributed by atoms with Crippen molar-refractivity contribution in [1.29, 1.82) is 0 Å². The molecule has 0 radical (unpaired) electrons. The van der Waals surface area contributed by atoms with Crippen LogP contribution in [0.1, 0.15) is 31.0 Å². The van der Waals surface area contributed by atoms with Gasteiger partial charge in [0.1, 0.15) is 17.7 Å². The molecule has 4 aromatic heterocycles. The zero-order valence-corrected chi connectivity index (χ0v) is 21.9. The summed E-state index contributed by atoms with van der Waals surface area (Å²) in [5, 5.41) is 7.27. The van der Waals surface area contributed by atoms with Crippen LogP contribution < -0.4 is 10.1 Å². The maximum atomic E-state index is 13.1. The molecule has 2 fully saturated rings. The monoisotopic (exact) mass is 552 g/mol. The fraction of sp³-hybridized carbons (Fsp3) is 0.357. The third-order valence-corrected chi connectivity index (χ3v) is 7.26. The molecule has 4 aromatic rings. The second-order valence-electron chi connectivity index (χ2n) is 10.2. The summed E-state index contributed by atoms with van der Waals surface area (Å²) in [6.45, 7) is 4.50. The highest BCUT2D eigenvalue weighted by Crippen LogP contribution is 2.36. The topological polar surface area (TPSA) is 93.9 Å². The number of amides is 1. The molecule has 0 saturated carbocycles. The summed E-state index contributed by atoms with van der Waals surface area (Å²) in [4.78, 5) is 22.5. The molecule has 1 unspecified atom stereocenters. The number of piperidine rings is 1. The Balaban J connectivity index is 1.25. The van der Waals surface area contributed by atoms with Gasteiger partial charge in [-0.1, -0.05) is 0 Å². The SMILES string of the molecule is CC(=O)N1[C@@H]2COC[C@H]1CC(Oc1cnc(C)cc1-c1ccn3nc(Nc4cc(C(F)(F)F)ccn4)cc3c1)C2. The van der Waals surface area contributed by atoms with Gasteiger partial charge in [0.05, 0.1) is 42.6 Å². The Morgan fingerprint density at radius 1 is 1.07 bits per heavy atom. The largest absolute Gasteiger partial charge is 0.488 e. The number of fused-ring (bicyclic) bond motifs is 3. The van der Waals surface area contributed by atoms with Crippen molar-refractivity contribution in [1.82, 2.24) is 24.5 Å². The van der Waals surface area contributed by atoms with E-state index >= 15 is 0 Å². The van der Waals surface area contributed by atoms with Crippen molar-refractivity contribution in [2.24, 2.45) is 0 Å². The smallest absolute Gasteiger partial charge is 0.416 e. The third kappa shape index (κ3) is 5.18. The Hall–Kier alpha value is -4.19. The van der Waals surface area contributed by atoms with Crippen LogP contribution in [-0.2, 0) is 15.7 Å². The Labute approximate surface area is 227 Å². The Kier molecular flexibility index (Phi) is 6.57. The molecule has 1 amide bonds. The second-order valence-corrected chi connectivity index (χ2v) is 10.2. The minimum absolute atomic E-state index is 0.0164. The fourth-order valence-corrected chi connectivity index (χ4v) is 5.55. The summed E-state index contributed by atoms with van der Waals surface area (Å²) < 4.78 is 53.1. The number of hydrogen-bond donors (Lipinski definition) is 1. The lowest BCUT2D eigenvalue weighted by Gasteiger charge is -2.47. The molecule has 2 aliphatic heterocycles. The van der Waals surface area contributed by atoms with Gasteiger partial charge in [-0.2, -0.15) is 18.3 Å². The van der Waals surface area contributed by atoms with E-state index in [1.165, 1.54) is 0 Å². The van der Waals surface area contributed by atoms with Crippen molar-refractivity contribution >= 4 is 23.1 Å². The number of ether oxygens (including phenoxy) is 2. The lowest BCUT2D eigenvalue weighted by atomic mass is 9.91. The molecule has 208 valence electrons. The molecule has 40 heavy (non-hydrogen) atoms. The molecule has 0 aliphatic carbocycles. The van der Waals surface area contributed by atoms with Gasteiger partial charge in [-0.05, 0) is 42.8 Å². The van der Waals surface area contributed by atoms with Gasteiger partial charge in [-0.3, -0.25) is 9.78 Å². The van der Waals surface area contributed by atoms with Crippen molar-refractivity contribution in [2.45, 2.75) is 51.1 Å². The summed E-state index contributed by atoms with van der Waals surface area (Å²) >= 11 is 0. The first-order valence-electron chi connectivity index (χ1n) is 12.9.